The van der Waals surface area contributed by atoms with Gasteiger partial charge in [0, 0.05) is 17.7 Å². The molecule has 0 aromatic heterocycles. The quantitative estimate of drug-likeness (QED) is 0.834. The van der Waals surface area contributed by atoms with Gasteiger partial charge >= 0.3 is 0 Å². The molecular weight excluding hydrogens is 336 g/mol. The maximum absolute atomic E-state index is 13.4. The Morgan fingerprint density at radius 3 is 2.48 bits per heavy atom. The third-order valence-electron chi connectivity index (χ3n) is 4.54. The number of thioether (sulfide) groups is 1. The first kappa shape index (κ1) is 15.9. The first-order valence-corrected chi connectivity index (χ1v) is 9.08. The molecule has 3 amide bonds. The van der Waals surface area contributed by atoms with Gasteiger partial charge in [-0.2, -0.15) is 0 Å². The smallest absolute Gasteiger partial charge is 0.275 e. The standard InChI is InChI=1S/C19H16N2O3S/c1-2-16(22)20-15-11-7-6-10-14(15)19(18(20)24)21(17(23)12-25-19)13-8-4-3-5-9-13/h3-11H,2,12H2,1H3/t19-/m0/s1. The van der Waals surface area contributed by atoms with Crippen LogP contribution in [0.4, 0.5) is 11.4 Å². The van der Waals surface area contributed by atoms with Gasteiger partial charge < -0.3 is 0 Å². The van der Waals surface area contributed by atoms with E-state index in [9.17, 15) is 14.4 Å². The van der Waals surface area contributed by atoms with Crippen molar-refractivity contribution in [1.29, 1.82) is 0 Å². The molecule has 0 radical (unpaired) electrons. The Morgan fingerprint density at radius 1 is 1.08 bits per heavy atom. The number of hydrogen-bond acceptors (Lipinski definition) is 4. The van der Waals surface area contributed by atoms with Crippen LogP contribution in [0.1, 0.15) is 18.9 Å². The summed E-state index contributed by atoms with van der Waals surface area (Å²) in [6.45, 7) is 1.73. The molecule has 0 saturated carbocycles. The molecule has 5 nitrogen and oxygen atoms in total. The molecule has 1 saturated heterocycles. The summed E-state index contributed by atoms with van der Waals surface area (Å²) in [5.41, 5.74) is 1.93. The van der Waals surface area contributed by atoms with E-state index in [4.69, 9.17) is 0 Å². The van der Waals surface area contributed by atoms with E-state index < -0.39 is 4.87 Å². The summed E-state index contributed by atoms with van der Waals surface area (Å²) in [6.07, 6.45) is 0.222. The highest BCUT2D eigenvalue weighted by atomic mass is 32.2. The summed E-state index contributed by atoms with van der Waals surface area (Å²) >= 11 is 1.28. The van der Waals surface area contributed by atoms with E-state index >= 15 is 0 Å². The van der Waals surface area contributed by atoms with Crippen LogP contribution in [-0.4, -0.2) is 23.5 Å². The Labute approximate surface area is 149 Å². The zero-order valence-electron chi connectivity index (χ0n) is 13.6. The van der Waals surface area contributed by atoms with Crippen molar-refractivity contribution in [3.8, 4) is 0 Å². The molecule has 2 aromatic carbocycles. The highest BCUT2D eigenvalue weighted by Crippen LogP contribution is 2.55. The number of anilines is 2. The molecule has 25 heavy (non-hydrogen) atoms. The van der Waals surface area contributed by atoms with Gasteiger partial charge in [0.15, 0.2) is 0 Å². The number of para-hydroxylation sites is 2. The Morgan fingerprint density at radius 2 is 1.76 bits per heavy atom. The molecule has 0 bridgehead atoms. The van der Waals surface area contributed by atoms with Crippen LogP contribution < -0.4 is 9.80 Å². The molecule has 0 N–H and O–H groups in total. The molecule has 2 heterocycles. The second-order valence-electron chi connectivity index (χ2n) is 5.90. The molecule has 6 heteroatoms. The summed E-state index contributed by atoms with van der Waals surface area (Å²) < 4.78 is 0. The zero-order valence-corrected chi connectivity index (χ0v) is 14.5. The van der Waals surface area contributed by atoms with E-state index in [1.54, 1.807) is 24.0 Å². The molecular formula is C19H16N2O3S. The second-order valence-corrected chi connectivity index (χ2v) is 7.07. The predicted molar refractivity (Wildman–Crippen MR) is 97.3 cm³/mol. The van der Waals surface area contributed by atoms with Gasteiger partial charge in [0.05, 0.1) is 11.4 Å². The number of nitrogens with zero attached hydrogens (tertiary/aromatic N) is 2. The molecule has 2 aliphatic rings. The van der Waals surface area contributed by atoms with Crippen molar-refractivity contribution in [3.05, 3.63) is 60.2 Å². The Bertz CT molecular complexity index is 883. The summed E-state index contributed by atoms with van der Waals surface area (Å²) in [7, 11) is 0. The average Bonchev–Trinajstić information content (AvgIpc) is 3.12. The van der Waals surface area contributed by atoms with E-state index in [1.165, 1.54) is 16.7 Å². The first-order valence-electron chi connectivity index (χ1n) is 8.10. The minimum absolute atomic E-state index is 0.134. The lowest BCUT2D eigenvalue weighted by molar-refractivity contribution is -0.128. The van der Waals surface area contributed by atoms with Crippen molar-refractivity contribution in [2.24, 2.45) is 0 Å². The number of imide groups is 1. The van der Waals surface area contributed by atoms with Gasteiger partial charge in [-0.05, 0) is 18.2 Å². The maximum atomic E-state index is 13.4. The van der Waals surface area contributed by atoms with Gasteiger partial charge in [-0.1, -0.05) is 43.3 Å². The third-order valence-corrected chi connectivity index (χ3v) is 5.92. The minimum atomic E-state index is -1.21. The number of carbonyl (C=O) groups is 3. The fourth-order valence-electron chi connectivity index (χ4n) is 3.47. The molecule has 1 fully saturated rings. The summed E-state index contributed by atoms with van der Waals surface area (Å²) in [4.78, 5) is 40.1. The van der Waals surface area contributed by atoms with Crippen molar-refractivity contribution < 1.29 is 14.4 Å². The van der Waals surface area contributed by atoms with E-state index in [1.807, 2.05) is 42.5 Å². The third kappa shape index (κ3) is 2.07. The van der Waals surface area contributed by atoms with Crippen LogP contribution in [0.5, 0.6) is 0 Å². The number of carbonyl (C=O) groups excluding carboxylic acids is 3. The monoisotopic (exact) mass is 352 g/mol. The van der Waals surface area contributed by atoms with Crippen LogP contribution in [-0.2, 0) is 19.3 Å². The van der Waals surface area contributed by atoms with Gasteiger partial charge in [-0.25, -0.2) is 4.90 Å². The number of rotatable bonds is 2. The normalized spacial score (nSPS) is 22.0. The molecule has 2 aromatic rings. The molecule has 1 atom stereocenters. The number of hydrogen-bond donors (Lipinski definition) is 0. The lowest BCUT2D eigenvalue weighted by Crippen LogP contribution is -2.50. The number of benzene rings is 2. The largest absolute Gasteiger partial charge is 0.283 e. The van der Waals surface area contributed by atoms with E-state index in [2.05, 4.69) is 0 Å². The van der Waals surface area contributed by atoms with E-state index in [0.717, 1.165) is 0 Å². The minimum Gasteiger partial charge on any atom is -0.283 e. The molecule has 0 unspecified atom stereocenters. The van der Waals surface area contributed by atoms with Crippen LogP contribution in [0.15, 0.2) is 54.6 Å². The van der Waals surface area contributed by atoms with Crippen LogP contribution >= 0.6 is 11.8 Å². The molecule has 4 rings (SSSR count). The van der Waals surface area contributed by atoms with Crippen molar-refractivity contribution in [2.75, 3.05) is 15.6 Å². The van der Waals surface area contributed by atoms with Crippen LogP contribution in [0, 0.1) is 0 Å². The van der Waals surface area contributed by atoms with Crippen LogP contribution in [0.2, 0.25) is 0 Å². The summed E-state index contributed by atoms with van der Waals surface area (Å²) in [6, 6.07) is 16.4. The Balaban J connectivity index is 1.95. The lowest BCUT2D eigenvalue weighted by Gasteiger charge is -2.32. The fraction of sp³-hybridized carbons (Fsp3) is 0.211. The lowest BCUT2D eigenvalue weighted by atomic mass is 10.0. The van der Waals surface area contributed by atoms with E-state index in [0.29, 0.717) is 16.9 Å². The Hall–Kier alpha value is -2.60. The maximum Gasteiger partial charge on any atom is 0.275 e. The van der Waals surface area contributed by atoms with Gasteiger partial charge in [0.25, 0.3) is 5.91 Å². The second kappa shape index (κ2) is 5.74. The summed E-state index contributed by atoms with van der Waals surface area (Å²) in [5.74, 6) is -0.559. The first-order chi connectivity index (χ1) is 12.1. The highest BCUT2D eigenvalue weighted by Gasteiger charge is 2.61. The van der Waals surface area contributed by atoms with Crippen LogP contribution in [0.3, 0.4) is 0 Å². The van der Waals surface area contributed by atoms with Crippen molar-refractivity contribution in [2.45, 2.75) is 18.2 Å². The van der Waals surface area contributed by atoms with Crippen molar-refractivity contribution in [3.63, 3.8) is 0 Å². The van der Waals surface area contributed by atoms with Gasteiger partial charge in [-0.3, -0.25) is 19.3 Å². The SMILES string of the molecule is CCC(=O)N1C(=O)[C@@]2(SCC(=O)N2c2ccccc2)c2ccccc21. The van der Waals surface area contributed by atoms with Crippen LogP contribution in [0.25, 0.3) is 0 Å². The molecule has 126 valence electrons. The van der Waals surface area contributed by atoms with Gasteiger partial charge in [-0.15, -0.1) is 11.8 Å². The van der Waals surface area contributed by atoms with E-state index in [-0.39, 0.29) is 29.9 Å². The molecule has 2 aliphatic heterocycles. The Kier molecular flexibility index (Phi) is 3.65. The molecule has 0 aliphatic carbocycles. The fourth-order valence-corrected chi connectivity index (χ4v) is 4.81. The number of fused-ring (bicyclic) bond motifs is 2. The molecule has 1 spiro atoms. The van der Waals surface area contributed by atoms with Gasteiger partial charge in [0.1, 0.15) is 0 Å². The number of amides is 3. The predicted octanol–water partition coefficient (Wildman–Crippen LogP) is 2.90. The van der Waals surface area contributed by atoms with Crippen molar-refractivity contribution in [1.82, 2.24) is 0 Å². The highest BCUT2D eigenvalue weighted by molar-refractivity contribution is 8.02. The van der Waals surface area contributed by atoms with Crippen molar-refractivity contribution >= 4 is 40.9 Å². The zero-order chi connectivity index (χ0) is 17.6. The summed E-state index contributed by atoms with van der Waals surface area (Å²) in [5, 5.41) is 0. The topological polar surface area (TPSA) is 57.7 Å². The average molecular weight is 352 g/mol. The van der Waals surface area contributed by atoms with Gasteiger partial charge in [0.2, 0.25) is 16.7 Å².